The molecule has 1 heterocycles. The highest BCUT2D eigenvalue weighted by Crippen LogP contribution is 2.32. The highest BCUT2D eigenvalue weighted by Gasteiger charge is 2.31. The highest BCUT2D eigenvalue weighted by molar-refractivity contribution is 6.29. The lowest BCUT2D eigenvalue weighted by molar-refractivity contribution is -0.137. The Kier molecular flexibility index (Phi) is 4.57. The summed E-state index contributed by atoms with van der Waals surface area (Å²) >= 11 is 5.52. The van der Waals surface area contributed by atoms with Gasteiger partial charge >= 0.3 is 6.18 Å². The third kappa shape index (κ3) is 3.78. The van der Waals surface area contributed by atoms with Crippen LogP contribution in [0.25, 0.3) is 0 Å². The summed E-state index contributed by atoms with van der Waals surface area (Å²) in [5, 5.41) is 0. The van der Waals surface area contributed by atoms with Crippen LogP contribution in [0.1, 0.15) is 11.3 Å². The average molecular weight is 318 g/mol. The van der Waals surface area contributed by atoms with Crippen molar-refractivity contribution >= 4 is 23.2 Å². The van der Waals surface area contributed by atoms with E-state index in [0.29, 0.717) is 5.76 Å². The van der Waals surface area contributed by atoms with Gasteiger partial charge in [0, 0.05) is 5.69 Å². The lowest BCUT2D eigenvalue weighted by atomic mass is 10.1. The summed E-state index contributed by atoms with van der Waals surface area (Å²) in [7, 11) is 0. The summed E-state index contributed by atoms with van der Waals surface area (Å²) in [5.74, 6) is -0.394. The predicted molar refractivity (Wildman–Crippen MR) is 72.1 cm³/mol. The minimum atomic E-state index is -4.48. The van der Waals surface area contributed by atoms with Gasteiger partial charge in [-0.1, -0.05) is 6.07 Å². The number of hydrogen-bond donors (Lipinski definition) is 0. The number of halogens is 4. The number of anilines is 1. The maximum absolute atomic E-state index is 12.7. The summed E-state index contributed by atoms with van der Waals surface area (Å²) in [6, 6.07) is 7.78. The maximum Gasteiger partial charge on any atom is 0.416 e. The van der Waals surface area contributed by atoms with Crippen LogP contribution in [0.3, 0.4) is 0 Å². The van der Waals surface area contributed by atoms with Crippen molar-refractivity contribution in [2.45, 2.75) is 12.7 Å². The van der Waals surface area contributed by atoms with Crippen LogP contribution in [-0.2, 0) is 17.5 Å². The molecule has 2 aromatic rings. The average Bonchev–Trinajstić information content (AvgIpc) is 2.96. The number of benzene rings is 1. The van der Waals surface area contributed by atoms with Gasteiger partial charge in [0.05, 0.1) is 18.4 Å². The van der Waals surface area contributed by atoms with Gasteiger partial charge < -0.3 is 9.32 Å². The molecule has 0 aliphatic rings. The second kappa shape index (κ2) is 6.22. The number of alkyl halides is 4. The minimum Gasteiger partial charge on any atom is -0.467 e. The van der Waals surface area contributed by atoms with E-state index in [1.165, 1.54) is 18.4 Å². The number of carbonyl (C=O) groups is 1. The third-order valence-corrected chi connectivity index (χ3v) is 3.02. The fourth-order valence-corrected chi connectivity index (χ4v) is 1.95. The number of furan rings is 1. The molecule has 1 aromatic heterocycles. The quantitative estimate of drug-likeness (QED) is 0.796. The molecule has 0 radical (unpaired) electrons. The minimum absolute atomic E-state index is 0.0138. The first-order chi connectivity index (χ1) is 9.91. The predicted octanol–water partition coefficient (Wildman–Crippen LogP) is 4.07. The molecule has 112 valence electrons. The number of nitrogens with zero attached hydrogens (tertiary/aromatic N) is 1. The molecule has 0 aliphatic carbocycles. The maximum atomic E-state index is 12.7. The van der Waals surface area contributed by atoms with Gasteiger partial charge in [-0.05, 0) is 30.3 Å². The van der Waals surface area contributed by atoms with Gasteiger partial charge in [0.15, 0.2) is 0 Å². The molecule has 3 nitrogen and oxygen atoms in total. The van der Waals surface area contributed by atoms with Crippen LogP contribution in [0.5, 0.6) is 0 Å². The molecule has 0 aliphatic heterocycles. The van der Waals surface area contributed by atoms with E-state index in [2.05, 4.69) is 0 Å². The molecule has 0 saturated carbocycles. The molecule has 0 bridgehead atoms. The second-order valence-corrected chi connectivity index (χ2v) is 4.51. The number of amides is 1. The van der Waals surface area contributed by atoms with E-state index in [-0.39, 0.29) is 18.1 Å². The highest BCUT2D eigenvalue weighted by atomic mass is 35.5. The monoisotopic (exact) mass is 317 g/mol. The molecule has 2 rings (SSSR count). The summed E-state index contributed by atoms with van der Waals surface area (Å²) < 4.78 is 43.3. The van der Waals surface area contributed by atoms with Crippen molar-refractivity contribution in [3.8, 4) is 0 Å². The van der Waals surface area contributed by atoms with Crippen molar-refractivity contribution in [2.75, 3.05) is 10.8 Å². The zero-order chi connectivity index (χ0) is 15.5. The van der Waals surface area contributed by atoms with Crippen molar-refractivity contribution < 1.29 is 22.4 Å². The van der Waals surface area contributed by atoms with Crippen LogP contribution >= 0.6 is 11.6 Å². The van der Waals surface area contributed by atoms with E-state index in [9.17, 15) is 18.0 Å². The zero-order valence-corrected chi connectivity index (χ0v) is 11.5. The fraction of sp³-hybridized carbons (Fsp3) is 0.214. The summed E-state index contributed by atoms with van der Waals surface area (Å²) in [6.07, 6.45) is -3.05. The molecule has 1 amide bonds. The van der Waals surface area contributed by atoms with E-state index in [1.54, 1.807) is 12.1 Å². The molecule has 7 heteroatoms. The first kappa shape index (κ1) is 15.4. The molecule has 1 aromatic carbocycles. The standard InChI is InChI=1S/C14H11ClF3NO2/c15-8-13(20)19(9-12-5-2-6-21-12)11-4-1-3-10(7-11)14(16,17)18/h1-7H,8-9H2. The normalized spacial score (nSPS) is 11.4. The Hall–Kier alpha value is -1.95. The molecular formula is C14H11ClF3NO2. The Morgan fingerprint density at radius 1 is 1.24 bits per heavy atom. The molecule has 0 spiro atoms. The Bertz CT molecular complexity index is 611. The lowest BCUT2D eigenvalue weighted by Crippen LogP contribution is -2.31. The number of carbonyl (C=O) groups excluding carboxylic acids is 1. The third-order valence-electron chi connectivity index (χ3n) is 2.79. The van der Waals surface area contributed by atoms with Crippen LogP contribution < -0.4 is 4.90 Å². The van der Waals surface area contributed by atoms with Crippen molar-refractivity contribution in [1.82, 2.24) is 0 Å². The van der Waals surface area contributed by atoms with Gasteiger partial charge in [0.2, 0.25) is 5.91 Å². The van der Waals surface area contributed by atoms with E-state index < -0.39 is 17.6 Å². The summed E-state index contributed by atoms with van der Waals surface area (Å²) in [4.78, 5) is 13.0. The van der Waals surface area contributed by atoms with E-state index in [0.717, 1.165) is 17.0 Å². The van der Waals surface area contributed by atoms with Crippen molar-refractivity contribution in [3.63, 3.8) is 0 Å². The summed E-state index contributed by atoms with van der Waals surface area (Å²) in [5.41, 5.74) is -0.710. The van der Waals surface area contributed by atoms with Gasteiger partial charge in [0.1, 0.15) is 11.6 Å². The van der Waals surface area contributed by atoms with Crippen LogP contribution in [-0.4, -0.2) is 11.8 Å². The van der Waals surface area contributed by atoms with Crippen LogP contribution in [0.2, 0.25) is 0 Å². The summed E-state index contributed by atoms with van der Waals surface area (Å²) in [6.45, 7) is 0.0138. The van der Waals surface area contributed by atoms with Gasteiger partial charge in [-0.3, -0.25) is 4.79 Å². The topological polar surface area (TPSA) is 33.5 Å². The molecule has 0 fully saturated rings. The molecular weight excluding hydrogens is 307 g/mol. The van der Waals surface area contributed by atoms with Gasteiger partial charge in [-0.25, -0.2) is 0 Å². The van der Waals surface area contributed by atoms with Crippen molar-refractivity contribution in [2.24, 2.45) is 0 Å². The molecule has 0 saturated heterocycles. The van der Waals surface area contributed by atoms with Crippen molar-refractivity contribution in [1.29, 1.82) is 0 Å². The fourth-order valence-electron chi connectivity index (χ4n) is 1.80. The number of rotatable bonds is 4. The first-order valence-electron chi connectivity index (χ1n) is 5.98. The molecule has 0 unspecified atom stereocenters. The van der Waals surface area contributed by atoms with Gasteiger partial charge in [0.25, 0.3) is 0 Å². The zero-order valence-electron chi connectivity index (χ0n) is 10.7. The molecule has 21 heavy (non-hydrogen) atoms. The van der Waals surface area contributed by atoms with Crippen LogP contribution in [0.15, 0.2) is 47.1 Å². The van der Waals surface area contributed by atoms with E-state index in [1.807, 2.05) is 0 Å². The smallest absolute Gasteiger partial charge is 0.416 e. The number of hydrogen-bond acceptors (Lipinski definition) is 2. The van der Waals surface area contributed by atoms with Gasteiger partial charge in [-0.15, -0.1) is 11.6 Å². The Morgan fingerprint density at radius 3 is 2.57 bits per heavy atom. The molecule has 0 atom stereocenters. The Labute approximate surface area is 123 Å². The Morgan fingerprint density at radius 2 is 2.00 bits per heavy atom. The largest absolute Gasteiger partial charge is 0.467 e. The Balaban J connectivity index is 2.35. The van der Waals surface area contributed by atoms with Crippen molar-refractivity contribution in [3.05, 3.63) is 54.0 Å². The molecule has 0 N–H and O–H groups in total. The SMILES string of the molecule is O=C(CCl)N(Cc1ccco1)c1cccc(C(F)(F)F)c1. The van der Waals surface area contributed by atoms with Gasteiger partial charge in [-0.2, -0.15) is 13.2 Å². The van der Waals surface area contributed by atoms with E-state index >= 15 is 0 Å². The van der Waals surface area contributed by atoms with Crippen LogP contribution in [0.4, 0.5) is 18.9 Å². The second-order valence-electron chi connectivity index (χ2n) is 4.24. The van der Waals surface area contributed by atoms with E-state index in [4.69, 9.17) is 16.0 Å². The first-order valence-corrected chi connectivity index (χ1v) is 6.51. The lowest BCUT2D eigenvalue weighted by Gasteiger charge is -2.22. The van der Waals surface area contributed by atoms with Crippen LogP contribution in [0, 0.1) is 0 Å².